The van der Waals surface area contributed by atoms with Gasteiger partial charge in [0.1, 0.15) is 5.41 Å². The third kappa shape index (κ3) is 3.58. The number of benzene rings is 1. The van der Waals surface area contributed by atoms with E-state index in [1.54, 1.807) is 14.0 Å². The molecule has 0 bridgehead atoms. The van der Waals surface area contributed by atoms with Gasteiger partial charge in [0.2, 0.25) is 0 Å². The minimum atomic E-state index is -0.850. The summed E-state index contributed by atoms with van der Waals surface area (Å²) in [6, 6.07) is 7.85. The Morgan fingerprint density at radius 1 is 1.45 bits per heavy atom. The molecule has 1 rings (SSSR count). The summed E-state index contributed by atoms with van der Waals surface area (Å²) in [5.41, 5.74) is 7.10. The van der Waals surface area contributed by atoms with E-state index in [2.05, 4.69) is 0 Å². The molecule has 1 aromatic rings. The van der Waals surface area contributed by atoms with Crippen molar-refractivity contribution in [1.82, 2.24) is 0 Å². The predicted molar refractivity (Wildman–Crippen MR) is 79.6 cm³/mol. The normalized spacial score (nSPS) is 15.4. The van der Waals surface area contributed by atoms with E-state index in [9.17, 15) is 4.79 Å². The monoisotopic (exact) mass is 279 g/mol. The summed E-state index contributed by atoms with van der Waals surface area (Å²) < 4.78 is 10.6. The number of rotatable bonds is 7. The number of hydrogen-bond acceptors (Lipinski definition) is 4. The Balaban J connectivity index is 3.26. The maximum absolute atomic E-state index is 12.5. The van der Waals surface area contributed by atoms with Gasteiger partial charge in [-0.15, -0.1) is 0 Å². The molecule has 20 heavy (non-hydrogen) atoms. The molecule has 0 spiro atoms. The van der Waals surface area contributed by atoms with Gasteiger partial charge < -0.3 is 15.2 Å². The highest BCUT2D eigenvalue weighted by atomic mass is 16.5. The van der Waals surface area contributed by atoms with Crippen LogP contribution >= 0.6 is 0 Å². The lowest BCUT2D eigenvalue weighted by Gasteiger charge is -2.32. The van der Waals surface area contributed by atoms with Gasteiger partial charge in [-0.05, 0) is 32.8 Å². The molecule has 112 valence electrons. The predicted octanol–water partition coefficient (Wildman–Crippen LogP) is 2.18. The highest BCUT2D eigenvalue weighted by Crippen LogP contribution is 2.31. The lowest BCUT2D eigenvalue weighted by atomic mass is 9.75. The van der Waals surface area contributed by atoms with Crippen molar-refractivity contribution >= 4 is 5.97 Å². The van der Waals surface area contributed by atoms with E-state index in [1.165, 1.54) is 0 Å². The van der Waals surface area contributed by atoms with Crippen molar-refractivity contribution in [1.29, 1.82) is 0 Å². The van der Waals surface area contributed by atoms with Crippen LogP contribution in [0.15, 0.2) is 24.3 Å². The van der Waals surface area contributed by atoms with Gasteiger partial charge in [-0.3, -0.25) is 4.79 Å². The average molecular weight is 279 g/mol. The largest absolute Gasteiger partial charge is 0.465 e. The third-order valence-corrected chi connectivity index (χ3v) is 3.62. The molecule has 2 N–H and O–H groups in total. The van der Waals surface area contributed by atoms with E-state index >= 15 is 0 Å². The maximum Gasteiger partial charge on any atom is 0.317 e. The molecule has 0 amide bonds. The second-order valence-electron chi connectivity index (χ2n) is 5.13. The summed E-state index contributed by atoms with van der Waals surface area (Å²) in [5.74, 6) is -0.281. The van der Waals surface area contributed by atoms with Crippen molar-refractivity contribution in [2.45, 2.75) is 38.7 Å². The molecule has 0 heterocycles. The second-order valence-corrected chi connectivity index (χ2v) is 5.13. The van der Waals surface area contributed by atoms with Crippen molar-refractivity contribution in [3.63, 3.8) is 0 Å². The number of esters is 1. The first-order chi connectivity index (χ1) is 9.50. The van der Waals surface area contributed by atoms with Crippen LogP contribution in [-0.4, -0.2) is 32.3 Å². The molecule has 4 nitrogen and oxygen atoms in total. The molecule has 0 saturated carbocycles. The van der Waals surface area contributed by atoms with Gasteiger partial charge in [-0.25, -0.2) is 0 Å². The first kappa shape index (κ1) is 16.7. The highest BCUT2D eigenvalue weighted by Gasteiger charge is 2.41. The molecular weight excluding hydrogens is 254 g/mol. The van der Waals surface area contributed by atoms with Crippen LogP contribution in [0.4, 0.5) is 0 Å². The molecule has 0 aliphatic heterocycles. The fourth-order valence-electron chi connectivity index (χ4n) is 2.39. The number of methoxy groups -OCH3 is 1. The van der Waals surface area contributed by atoms with Crippen LogP contribution in [-0.2, 0) is 19.7 Å². The summed E-state index contributed by atoms with van der Waals surface area (Å²) in [6.07, 6.45) is 0.422. The molecule has 4 heteroatoms. The van der Waals surface area contributed by atoms with Crippen molar-refractivity contribution in [3.05, 3.63) is 35.4 Å². The molecule has 0 aromatic heterocycles. The zero-order chi connectivity index (χ0) is 15.2. The van der Waals surface area contributed by atoms with E-state index in [4.69, 9.17) is 15.2 Å². The second kappa shape index (κ2) is 7.41. The molecule has 0 aliphatic rings. The zero-order valence-corrected chi connectivity index (χ0v) is 12.8. The van der Waals surface area contributed by atoms with Gasteiger partial charge in [0.15, 0.2) is 0 Å². The summed E-state index contributed by atoms with van der Waals surface area (Å²) in [6.45, 7) is 6.26. The van der Waals surface area contributed by atoms with Gasteiger partial charge in [-0.1, -0.05) is 29.8 Å². The van der Waals surface area contributed by atoms with E-state index in [1.807, 2.05) is 38.1 Å². The van der Waals surface area contributed by atoms with E-state index in [0.717, 1.165) is 11.1 Å². The van der Waals surface area contributed by atoms with Gasteiger partial charge in [0, 0.05) is 13.7 Å². The van der Waals surface area contributed by atoms with Crippen LogP contribution < -0.4 is 5.73 Å². The number of hydrogen-bond donors (Lipinski definition) is 1. The number of nitrogens with two attached hydrogens (primary N) is 1. The summed E-state index contributed by atoms with van der Waals surface area (Å²) in [4.78, 5) is 12.5. The molecule has 0 fully saturated rings. The van der Waals surface area contributed by atoms with Crippen LogP contribution in [0.5, 0.6) is 0 Å². The third-order valence-electron chi connectivity index (χ3n) is 3.62. The first-order valence-electron chi connectivity index (χ1n) is 6.97. The van der Waals surface area contributed by atoms with Crippen molar-refractivity contribution in [2.75, 3.05) is 20.3 Å². The number of ether oxygens (including phenoxy) is 2. The Morgan fingerprint density at radius 3 is 2.65 bits per heavy atom. The average Bonchev–Trinajstić information content (AvgIpc) is 2.44. The molecule has 0 saturated heterocycles. The van der Waals surface area contributed by atoms with Crippen LogP contribution in [0.1, 0.15) is 31.4 Å². The Bertz CT molecular complexity index is 447. The topological polar surface area (TPSA) is 61.5 Å². The minimum absolute atomic E-state index is 0.0801. The van der Waals surface area contributed by atoms with Crippen molar-refractivity contribution in [3.8, 4) is 0 Å². The molecule has 1 aromatic carbocycles. The Hall–Kier alpha value is -1.39. The zero-order valence-electron chi connectivity index (χ0n) is 12.8. The Kier molecular flexibility index (Phi) is 6.17. The minimum Gasteiger partial charge on any atom is -0.465 e. The first-order valence-corrected chi connectivity index (χ1v) is 6.97. The number of carbonyl (C=O) groups is 1. The standard InChI is InChI=1S/C16H25NO3/c1-5-20-15(18)16(11-17,10-13(3)19-4)14-8-6-7-12(2)9-14/h6-9,13H,5,10-11,17H2,1-4H3. The quantitative estimate of drug-likeness (QED) is 0.777. The molecule has 0 aliphatic carbocycles. The smallest absolute Gasteiger partial charge is 0.317 e. The van der Waals surface area contributed by atoms with E-state index < -0.39 is 5.41 Å². The lowest BCUT2D eigenvalue weighted by Crippen LogP contribution is -2.46. The Morgan fingerprint density at radius 2 is 2.15 bits per heavy atom. The van der Waals surface area contributed by atoms with E-state index in [0.29, 0.717) is 13.0 Å². The fourth-order valence-corrected chi connectivity index (χ4v) is 2.39. The van der Waals surface area contributed by atoms with Crippen LogP contribution in [0.25, 0.3) is 0 Å². The number of carbonyl (C=O) groups excluding carboxylic acids is 1. The van der Waals surface area contributed by atoms with Gasteiger partial charge >= 0.3 is 5.97 Å². The van der Waals surface area contributed by atoms with E-state index in [-0.39, 0.29) is 18.6 Å². The SMILES string of the molecule is CCOC(=O)C(CN)(CC(C)OC)c1cccc(C)c1. The van der Waals surface area contributed by atoms with Gasteiger partial charge in [0.25, 0.3) is 0 Å². The van der Waals surface area contributed by atoms with Crippen molar-refractivity contribution in [2.24, 2.45) is 5.73 Å². The highest BCUT2D eigenvalue weighted by molar-refractivity contribution is 5.83. The summed E-state index contributed by atoms with van der Waals surface area (Å²) in [5, 5.41) is 0. The van der Waals surface area contributed by atoms with Crippen LogP contribution in [0.3, 0.4) is 0 Å². The Labute approximate surface area is 121 Å². The molecule has 0 radical (unpaired) electrons. The number of aryl methyl sites for hydroxylation is 1. The van der Waals surface area contributed by atoms with Crippen molar-refractivity contribution < 1.29 is 14.3 Å². The van der Waals surface area contributed by atoms with Gasteiger partial charge in [-0.2, -0.15) is 0 Å². The molecular formula is C16H25NO3. The molecule has 2 atom stereocenters. The maximum atomic E-state index is 12.5. The van der Waals surface area contributed by atoms with Gasteiger partial charge in [0.05, 0.1) is 12.7 Å². The van der Waals surface area contributed by atoms with Crippen LogP contribution in [0, 0.1) is 6.92 Å². The fraction of sp³-hybridized carbons (Fsp3) is 0.562. The lowest BCUT2D eigenvalue weighted by molar-refractivity contribution is -0.151. The summed E-state index contributed by atoms with van der Waals surface area (Å²) >= 11 is 0. The summed E-state index contributed by atoms with van der Waals surface area (Å²) in [7, 11) is 1.63. The van der Waals surface area contributed by atoms with Crippen LogP contribution in [0.2, 0.25) is 0 Å². The molecule has 2 unspecified atom stereocenters.